The van der Waals surface area contributed by atoms with E-state index in [4.69, 9.17) is 9.62 Å². The van der Waals surface area contributed by atoms with Crippen LogP contribution in [0.15, 0.2) is 107 Å². The molecule has 0 saturated carbocycles. The molecule has 0 bridgehead atoms. The molecule has 0 spiro atoms. The first-order valence-electron chi connectivity index (χ1n) is 8.76. The van der Waals surface area contributed by atoms with Crippen LogP contribution in [-0.2, 0) is 0 Å². The topological polar surface area (TPSA) is 41.6 Å². The number of aromatic nitrogens is 1. The molecule has 27 heavy (non-hydrogen) atoms. The number of nitrogens with zero attached hydrogens (tertiary/aromatic N) is 3. The Hall–Kier alpha value is -3.66. The molecule has 1 aromatic heterocycles. The number of anilines is 1. The minimum absolute atomic E-state index is 0.697. The number of hydrogen-bond acceptors (Lipinski definition) is 4. The zero-order valence-electron chi connectivity index (χ0n) is 15.0. The number of para-hydroxylation sites is 1. The number of benzene rings is 3. The summed E-state index contributed by atoms with van der Waals surface area (Å²) < 4.78 is 5.59. The largest absolute Gasteiger partial charge is 0.356 e. The smallest absolute Gasteiger partial charge is 0.167 e. The van der Waals surface area contributed by atoms with Gasteiger partial charge >= 0.3 is 0 Å². The summed E-state index contributed by atoms with van der Waals surface area (Å²) in [5.41, 5.74) is 4.42. The Morgan fingerprint density at radius 3 is 2.07 bits per heavy atom. The van der Waals surface area contributed by atoms with Crippen LogP contribution < -0.4 is 5.01 Å². The SMILES string of the molecule is CN(/N=C(\c1ccccc1)c1cc(-c2ccccc2)on1)c1ccccc1. The highest BCUT2D eigenvalue weighted by atomic mass is 16.5. The molecule has 4 heteroatoms. The lowest BCUT2D eigenvalue weighted by Gasteiger charge is -2.15. The van der Waals surface area contributed by atoms with Gasteiger partial charge in [-0.05, 0) is 12.1 Å². The maximum absolute atomic E-state index is 5.59. The van der Waals surface area contributed by atoms with Crippen LogP contribution in [0.1, 0.15) is 11.3 Å². The summed E-state index contributed by atoms with van der Waals surface area (Å²) in [7, 11) is 1.93. The van der Waals surface area contributed by atoms with Crippen LogP contribution in [0.3, 0.4) is 0 Å². The Balaban J connectivity index is 1.75. The molecule has 0 N–H and O–H groups in total. The zero-order valence-corrected chi connectivity index (χ0v) is 15.0. The maximum Gasteiger partial charge on any atom is 0.167 e. The highest BCUT2D eigenvalue weighted by Crippen LogP contribution is 2.22. The molecule has 0 aliphatic rings. The fraction of sp³-hybridized carbons (Fsp3) is 0.0435. The van der Waals surface area contributed by atoms with Gasteiger partial charge in [0.2, 0.25) is 0 Å². The van der Waals surface area contributed by atoms with Crippen LogP contribution >= 0.6 is 0 Å². The third-order valence-electron chi connectivity index (χ3n) is 4.24. The maximum atomic E-state index is 5.59. The van der Waals surface area contributed by atoms with E-state index in [0.29, 0.717) is 5.69 Å². The second kappa shape index (κ2) is 7.70. The summed E-state index contributed by atoms with van der Waals surface area (Å²) in [6.07, 6.45) is 0. The molecule has 1 heterocycles. The van der Waals surface area contributed by atoms with Crippen molar-refractivity contribution in [2.45, 2.75) is 0 Å². The van der Waals surface area contributed by atoms with E-state index in [1.165, 1.54) is 0 Å². The molecule has 0 fully saturated rings. The highest BCUT2D eigenvalue weighted by molar-refractivity contribution is 6.12. The van der Waals surface area contributed by atoms with Crippen molar-refractivity contribution >= 4 is 11.4 Å². The lowest BCUT2D eigenvalue weighted by atomic mass is 10.1. The first-order valence-corrected chi connectivity index (χ1v) is 8.76. The molecule has 0 amide bonds. The van der Waals surface area contributed by atoms with Crippen LogP contribution in [0, 0.1) is 0 Å². The fourth-order valence-electron chi connectivity index (χ4n) is 2.83. The van der Waals surface area contributed by atoms with Crippen LogP contribution in [0.4, 0.5) is 5.69 Å². The molecule has 0 saturated heterocycles. The summed E-state index contributed by atoms with van der Waals surface area (Å²) >= 11 is 0. The lowest BCUT2D eigenvalue weighted by molar-refractivity contribution is 0.431. The van der Waals surface area contributed by atoms with Gasteiger partial charge in [-0.15, -0.1) is 0 Å². The fourth-order valence-corrected chi connectivity index (χ4v) is 2.83. The number of rotatable bonds is 5. The van der Waals surface area contributed by atoms with E-state index in [2.05, 4.69) is 5.16 Å². The molecule has 3 aromatic carbocycles. The van der Waals surface area contributed by atoms with Crippen molar-refractivity contribution in [3.63, 3.8) is 0 Å². The van der Waals surface area contributed by atoms with Crippen LogP contribution in [0.5, 0.6) is 0 Å². The zero-order chi connectivity index (χ0) is 18.5. The van der Waals surface area contributed by atoms with Gasteiger partial charge in [-0.25, -0.2) is 0 Å². The van der Waals surface area contributed by atoms with Gasteiger partial charge in [0.25, 0.3) is 0 Å². The van der Waals surface area contributed by atoms with Crippen molar-refractivity contribution < 1.29 is 4.52 Å². The van der Waals surface area contributed by atoms with E-state index in [9.17, 15) is 0 Å². The Morgan fingerprint density at radius 2 is 1.41 bits per heavy atom. The standard InChI is InChI=1S/C23H19N3O/c1-26(20-15-9-4-10-16-20)24-23(19-13-7-3-8-14-19)21-17-22(27-25-21)18-11-5-2-6-12-18/h2-17H,1H3/b24-23+. The van der Waals surface area contributed by atoms with Crippen LogP contribution in [0.2, 0.25) is 0 Å². The predicted molar refractivity (Wildman–Crippen MR) is 109 cm³/mol. The quantitative estimate of drug-likeness (QED) is 0.364. The Morgan fingerprint density at radius 1 is 0.815 bits per heavy atom. The van der Waals surface area contributed by atoms with Gasteiger partial charge in [0.05, 0.1) is 5.69 Å². The van der Waals surface area contributed by atoms with Crippen molar-refractivity contribution in [3.05, 3.63) is 108 Å². The summed E-state index contributed by atoms with van der Waals surface area (Å²) in [6.45, 7) is 0. The summed E-state index contributed by atoms with van der Waals surface area (Å²) in [5, 5.41) is 11.0. The van der Waals surface area contributed by atoms with Gasteiger partial charge < -0.3 is 4.52 Å². The van der Waals surface area contributed by atoms with E-state index < -0.39 is 0 Å². The molecule has 4 aromatic rings. The van der Waals surface area contributed by atoms with Crippen molar-refractivity contribution in [2.24, 2.45) is 5.10 Å². The van der Waals surface area contributed by atoms with Crippen molar-refractivity contribution in [3.8, 4) is 11.3 Å². The molecule has 0 unspecified atom stereocenters. The second-order valence-electron chi connectivity index (χ2n) is 6.12. The number of hydrogen-bond donors (Lipinski definition) is 0. The molecule has 0 radical (unpaired) electrons. The first kappa shape index (κ1) is 16.8. The number of hydrazone groups is 1. The molecule has 0 aliphatic carbocycles. The minimum atomic E-state index is 0.697. The van der Waals surface area contributed by atoms with Crippen molar-refractivity contribution in [2.75, 3.05) is 12.1 Å². The van der Waals surface area contributed by atoms with Gasteiger partial charge in [-0.3, -0.25) is 5.01 Å². The minimum Gasteiger partial charge on any atom is -0.356 e. The van der Waals surface area contributed by atoms with Gasteiger partial charge in [0.1, 0.15) is 11.4 Å². The second-order valence-corrected chi connectivity index (χ2v) is 6.12. The molecule has 4 rings (SSSR count). The normalized spacial score (nSPS) is 11.4. The molecule has 0 aliphatic heterocycles. The Bertz CT molecular complexity index is 1020. The molecule has 0 atom stereocenters. The van der Waals surface area contributed by atoms with Gasteiger partial charge in [0, 0.05) is 24.2 Å². The lowest BCUT2D eigenvalue weighted by Crippen LogP contribution is -2.15. The van der Waals surface area contributed by atoms with Crippen LogP contribution in [0.25, 0.3) is 11.3 Å². The summed E-state index contributed by atoms with van der Waals surface area (Å²) in [4.78, 5) is 0. The Labute approximate surface area is 158 Å². The van der Waals surface area contributed by atoms with Crippen molar-refractivity contribution in [1.29, 1.82) is 0 Å². The van der Waals surface area contributed by atoms with E-state index >= 15 is 0 Å². The first-order chi connectivity index (χ1) is 13.3. The monoisotopic (exact) mass is 353 g/mol. The van der Waals surface area contributed by atoms with Gasteiger partial charge in [-0.2, -0.15) is 5.10 Å². The Kier molecular flexibility index (Phi) is 4.79. The van der Waals surface area contributed by atoms with E-state index in [1.807, 2.05) is 109 Å². The predicted octanol–water partition coefficient (Wildman–Crippen LogP) is 5.23. The summed E-state index contributed by atoms with van der Waals surface area (Å²) in [6, 6.07) is 31.9. The van der Waals surface area contributed by atoms with E-state index in [1.54, 1.807) is 0 Å². The van der Waals surface area contributed by atoms with Crippen LogP contribution in [-0.4, -0.2) is 17.9 Å². The molecule has 4 nitrogen and oxygen atoms in total. The third kappa shape index (κ3) is 3.80. The summed E-state index contributed by atoms with van der Waals surface area (Å²) in [5.74, 6) is 0.719. The average molecular weight is 353 g/mol. The third-order valence-corrected chi connectivity index (χ3v) is 4.24. The average Bonchev–Trinajstić information content (AvgIpc) is 3.24. The molecular weight excluding hydrogens is 334 g/mol. The highest BCUT2D eigenvalue weighted by Gasteiger charge is 2.15. The van der Waals surface area contributed by atoms with Gasteiger partial charge in [-0.1, -0.05) is 84.0 Å². The van der Waals surface area contributed by atoms with Crippen molar-refractivity contribution in [1.82, 2.24) is 5.16 Å². The van der Waals surface area contributed by atoms with E-state index in [0.717, 1.165) is 28.3 Å². The van der Waals surface area contributed by atoms with Gasteiger partial charge in [0.15, 0.2) is 5.76 Å². The molecule has 132 valence electrons. The molecular formula is C23H19N3O. The van der Waals surface area contributed by atoms with E-state index in [-0.39, 0.29) is 0 Å².